The Labute approximate surface area is 99.6 Å². The Hall–Kier alpha value is -1.59. The molecule has 0 aliphatic heterocycles. The number of primary amides is 1. The van der Waals surface area contributed by atoms with Crippen molar-refractivity contribution in [3.05, 3.63) is 0 Å². The van der Waals surface area contributed by atoms with Gasteiger partial charge in [0, 0.05) is 5.92 Å². The number of carboxylic acid groups (broad SMARTS) is 1. The summed E-state index contributed by atoms with van der Waals surface area (Å²) >= 11 is 0. The molecule has 17 heavy (non-hydrogen) atoms. The number of aliphatic carboxylic acids is 1. The number of nitrogens with two attached hydrogens (primary N) is 1. The van der Waals surface area contributed by atoms with E-state index in [1.807, 2.05) is 0 Å². The molecule has 4 N–H and O–H groups in total. The molecular formula is C11H18N2O4. The fraction of sp³-hybridized carbons (Fsp3) is 0.727. The highest BCUT2D eigenvalue weighted by Gasteiger charge is 2.27. The van der Waals surface area contributed by atoms with Crippen LogP contribution in [-0.4, -0.2) is 28.9 Å². The van der Waals surface area contributed by atoms with Gasteiger partial charge in [-0.2, -0.15) is 0 Å². The summed E-state index contributed by atoms with van der Waals surface area (Å²) in [5, 5.41) is 11.2. The van der Waals surface area contributed by atoms with Gasteiger partial charge in [-0.05, 0) is 12.8 Å². The lowest BCUT2D eigenvalue weighted by Gasteiger charge is -2.22. The molecule has 1 aliphatic rings. The molecule has 1 atom stereocenters. The van der Waals surface area contributed by atoms with Crippen LogP contribution >= 0.6 is 0 Å². The third-order valence-electron chi connectivity index (χ3n) is 3.00. The van der Waals surface area contributed by atoms with E-state index in [0.29, 0.717) is 0 Å². The quantitative estimate of drug-likeness (QED) is 0.630. The van der Waals surface area contributed by atoms with E-state index in [-0.39, 0.29) is 18.2 Å². The van der Waals surface area contributed by atoms with Crippen LogP contribution in [0.4, 0.5) is 0 Å². The molecule has 6 heteroatoms. The molecule has 0 aromatic rings. The maximum Gasteiger partial charge on any atom is 0.326 e. The normalized spacial score (nSPS) is 18.4. The van der Waals surface area contributed by atoms with Crippen LogP contribution in [-0.2, 0) is 14.4 Å². The molecule has 1 fully saturated rings. The van der Waals surface area contributed by atoms with E-state index < -0.39 is 17.9 Å². The minimum Gasteiger partial charge on any atom is -0.480 e. The Kier molecular flexibility index (Phi) is 4.93. The minimum atomic E-state index is -1.23. The number of carboxylic acids is 1. The maximum atomic E-state index is 11.8. The maximum absolute atomic E-state index is 11.8. The van der Waals surface area contributed by atoms with Gasteiger partial charge in [0.15, 0.2) is 0 Å². The van der Waals surface area contributed by atoms with E-state index in [0.717, 1.165) is 32.1 Å². The van der Waals surface area contributed by atoms with Crippen LogP contribution in [0.2, 0.25) is 0 Å². The van der Waals surface area contributed by atoms with Crippen molar-refractivity contribution in [3.63, 3.8) is 0 Å². The van der Waals surface area contributed by atoms with E-state index in [2.05, 4.69) is 5.32 Å². The van der Waals surface area contributed by atoms with Gasteiger partial charge < -0.3 is 16.2 Å². The third-order valence-corrected chi connectivity index (χ3v) is 3.00. The second kappa shape index (κ2) is 6.22. The smallest absolute Gasteiger partial charge is 0.326 e. The Balaban J connectivity index is 2.50. The van der Waals surface area contributed by atoms with Crippen LogP contribution in [0, 0.1) is 5.92 Å². The van der Waals surface area contributed by atoms with Gasteiger partial charge in [-0.3, -0.25) is 9.59 Å². The van der Waals surface area contributed by atoms with Crippen LogP contribution in [0.15, 0.2) is 0 Å². The molecule has 1 rings (SSSR count). The van der Waals surface area contributed by atoms with Crippen LogP contribution in [0.1, 0.15) is 38.5 Å². The van der Waals surface area contributed by atoms with Crippen molar-refractivity contribution in [3.8, 4) is 0 Å². The summed E-state index contributed by atoms with van der Waals surface area (Å²) in [4.78, 5) is 33.3. The summed E-state index contributed by atoms with van der Waals surface area (Å²) in [5.74, 6) is -2.37. The molecule has 0 aromatic carbocycles. The minimum absolute atomic E-state index is 0.126. The molecule has 0 saturated heterocycles. The predicted molar refractivity (Wildman–Crippen MR) is 60.0 cm³/mol. The van der Waals surface area contributed by atoms with Gasteiger partial charge in [0.2, 0.25) is 11.8 Å². The molecule has 0 radical (unpaired) electrons. The van der Waals surface area contributed by atoms with E-state index in [1.54, 1.807) is 0 Å². The van der Waals surface area contributed by atoms with Gasteiger partial charge in [0.1, 0.15) is 6.04 Å². The number of amides is 2. The number of carbonyl (C=O) groups is 3. The van der Waals surface area contributed by atoms with E-state index in [1.165, 1.54) is 0 Å². The lowest BCUT2D eigenvalue weighted by molar-refractivity contribution is -0.144. The van der Waals surface area contributed by atoms with Crippen LogP contribution < -0.4 is 11.1 Å². The van der Waals surface area contributed by atoms with Crippen molar-refractivity contribution >= 4 is 17.8 Å². The molecular weight excluding hydrogens is 224 g/mol. The molecule has 0 spiro atoms. The molecule has 6 nitrogen and oxygen atoms in total. The summed E-state index contributed by atoms with van der Waals surface area (Å²) in [5.41, 5.74) is 4.93. The molecule has 0 heterocycles. The van der Waals surface area contributed by atoms with Crippen LogP contribution in [0.25, 0.3) is 0 Å². The highest BCUT2D eigenvalue weighted by atomic mass is 16.4. The highest BCUT2D eigenvalue weighted by Crippen LogP contribution is 2.23. The van der Waals surface area contributed by atoms with Gasteiger partial charge in [-0.15, -0.1) is 0 Å². The first-order chi connectivity index (χ1) is 8.00. The summed E-state index contributed by atoms with van der Waals surface area (Å²) in [6.07, 6.45) is 4.31. The first-order valence-electron chi connectivity index (χ1n) is 5.82. The average molecular weight is 242 g/mol. The predicted octanol–water partition coefficient (Wildman–Crippen LogP) is 0.0115. The van der Waals surface area contributed by atoms with Gasteiger partial charge in [-0.25, -0.2) is 4.79 Å². The molecule has 1 unspecified atom stereocenters. The van der Waals surface area contributed by atoms with Crippen molar-refractivity contribution in [2.45, 2.75) is 44.6 Å². The second-order valence-electron chi connectivity index (χ2n) is 4.40. The van der Waals surface area contributed by atoms with Crippen molar-refractivity contribution in [1.82, 2.24) is 5.32 Å². The SMILES string of the molecule is NC(=O)CC(NC(=O)C1CCCCC1)C(=O)O. The zero-order chi connectivity index (χ0) is 12.8. The first-order valence-corrected chi connectivity index (χ1v) is 5.82. The fourth-order valence-corrected chi connectivity index (χ4v) is 2.06. The first kappa shape index (κ1) is 13.5. The van der Waals surface area contributed by atoms with E-state index in [9.17, 15) is 14.4 Å². The highest BCUT2D eigenvalue weighted by molar-refractivity contribution is 5.88. The van der Waals surface area contributed by atoms with Crippen molar-refractivity contribution in [2.75, 3.05) is 0 Å². The molecule has 2 amide bonds. The standard InChI is InChI=1S/C11H18N2O4/c12-9(14)6-8(11(16)17)13-10(15)7-4-2-1-3-5-7/h7-8H,1-6H2,(H2,12,14)(H,13,15)(H,16,17). The Morgan fingerprint density at radius 2 is 1.82 bits per heavy atom. The second-order valence-corrected chi connectivity index (χ2v) is 4.40. The molecule has 1 aliphatic carbocycles. The summed E-state index contributed by atoms with van der Waals surface area (Å²) in [6, 6.07) is -1.21. The van der Waals surface area contributed by atoms with Gasteiger partial charge in [0.05, 0.1) is 6.42 Å². The topological polar surface area (TPSA) is 109 Å². The number of rotatable bonds is 5. The van der Waals surface area contributed by atoms with E-state index in [4.69, 9.17) is 10.8 Å². The van der Waals surface area contributed by atoms with Gasteiger partial charge >= 0.3 is 5.97 Å². The van der Waals surface area contributed by atoms with Crippen LogP contribution in [0.5, 0.6) is 0 Å². The van der Waals surface area contributed by atoms with Crippen molar-refractivity contribution in [1.29, 1.82) is 0 Å². The zero-order valence-corrected chi connectivity index (χ0v) is 9.65. The van der Waals surface area contributed by atoms with Crippen molar-refractivity contribution in [2.24, 2.45) is 11.7 Å². The average Bonchev–Trinajstić information content (AvgIpc) is 2.28. The number of nitrogens with one attached hydrogen (secondary N) is 1. The van der Waals surface area contributed by atoms with Gasteiger partial charge in [-0.1, -0.05) is 19.3 Å². The monoisotopic (exact) mass is 242 g/mol. The summed E-state index contributed by atoms with van der Waals surface area (Å²) in [6.45, 7) is 0. The number of carbonyl (C=O) groups excluding carboxylic acids is 2. The number of hydrogen-bond acceptors (Lipinski definition) is 3. The Morgan fingerprint density at radius 3 is 2.29 bits per heavy atom. The Morgan fingerprint density at radius 1 is 1.24 bits per heavy atom. The summed E-state index contributed by atoms with van der Waals surface area (Å²) in [7, 11) is 0. The number of hydrogen-bond donors (Lipinski definition) is 3. The van der Waals surface area contributed by atoms with Gasteiger partial charge in [0.25, 0.3) is 0 Å². The van der Waals surface area contributed by atoms with Crippen molar-refractivity contribution < 1.29 is 19.5 Å². The third kappa shape index (κ3) is 4.42. The lowest BCUT2D eigenvalue weighted by atomic mass is 9.88. The molecule has 0 aromatic heterocycles. The molecule has 0 bridgehead atoms. The summed E-state index contributed by atoms with van der Waals surface area (Å²) < 4.78 is 0. The van der Waals surface area contributed by atoms with E-state index >= 15 is 0 Å². The Bertz CT molecular complexity index is 311. The molecule has 1 saturated carbocycles. The zero-order valence-electron chi connectivity index (χ0n) is 9.65. The lowest BCUT2D eigenvalue weighted by Crippen LogP contribution is -2.46. The van der Waals surface area contributed by atoms with Crippen LogP contribution in [0.3, 0.4) is 0 Å². The largest absolute Gasteiger partial charge is 0.480 e. The molecule has 96 valence electrons. The fourth-order valence-electron chi connectivity index (χ4n) is 2.06.